The summed E-state index contributed by atoms with van der Waals surface area (Å²) in [5.41, 5.74) is 1.12. The van der Waals surface area contributed by atoms with E-state index in [0.717, 1.165) is 5.56 Å². The molecule has 1 aliphatic heterocycles. The molecule has 1 aromatic heterocycles. The van der Waals surface area contributed by atoms with Gasteiger partial charge in [-0.15, -0.1) is 0 Å². The van der Waals surface area contributed by atoms with Gasteiger partial charge in [0.2, 0.25) is 11.8 Å². The number of hydrogen-bond donors (Lipinski definition) is 3. The van der Waals surface area contributed by atoms with Crippen molar-refractivity contribution in [2.75, 3.05) is 5.75 Å². The Morgan fingerprint density at radius 2 is 1.91 bits per heavy atom. The van der Waals surface area contributed by atoms with Gasteiger partial charge in [-0.05, 0) is 48.4 Å². The van der Waals surface area contributed by atoms with E-state index in [2.05, 4.69) is 10.6 Å². The molecule has 0 spiro atoms. The lowest BCUT2D eigenvalue weighted by atomic mass is 10.1. The number of carbonyl (C=O) groups is 3. The van der Waals surface area contributed by atoms with E-state index in [4.69, 9.17) is 0 Å². The van der Waals surface area contributed by atoms with Gasteiger partial charge in [-0.3, -0.25) is 19.7 Å². The minimum absolute atomic E-state index is 0.0121. The van der Waals surface area contributed by atoms with Crippen molar-refractivity contribution in [2.45, 2.75) is 37.2 Å². The Morgan fingerprint density at radius 1 is 1.18 bits per heavy atom. The molecule has 9 nitrogen and oxygen atoms in total. The second kappa shape index (κ2) is 8.70. The summed E-state index contributed by atoms with van der Waals surface area (Å²) in [6, 6.07) is 10.4. The number of piperidine rings is 1. The smallest absolute Gasteiger partial charge is 0.251 e. The van der Waals surface area contributed by atoms with Crippen LogP contribution in [0.1, 0.15) is 41.7 Å². The van der Waals surface area contributed by atoms with Gasteiger partial charge in [-0.2, -0.15) is 0 Å². The topological polar surface area (TPSA) is 135 Å². The van der Waals surface area contributed by atoms with E-state index in [-0.39, 0.29) is 41.3 Å². The van der Waals surface area contributed by atoms with Gasteiger partial charge in [0, 0.05) is 35.5 Å². The van der Waals surface area contributed by atoms with E-state index >= 15 is 0 Å². The van der Waals surface area contributed by atoms with Crippen LogP contribution in [-0.4, -0.2) is 41.6 Å². The fourth-order valence-electron chi connectivity index (χ4n) is 3.83. The van der Waals surface area contributed by atoms with Gasteiger partial charge >= 0.3 is 0 Å². The maximum absolute atomic E-state index is 12.5. The molecule has 3 N–H and O–H groups in total. The number of imide groups is 1. The minimum atomic E-state index is -3.33. The molecule has 1 atom stereocenters. The molecule has 1 unspecified atom stereocenters. The molecule has 172 valence electrons. The zero-order valence-corrected chi connectivity index (χ0v) is 18.7. The molecule has 4 rings (SSSR count). The van der Waals surface area contributed by atoms with Crippen LogP contribution in [0.2, 0.25) is 0 Å². The van der Waals surface area contributed by atoms with E-state index in [9.17, 15) is 27.9 Å². The molecule has 1 saturated heterocycles. The minimum Gasteiger partial charge on any atom is -0.494 e. The molecule has 3 amide bonds. The molecule has 0 bridgehead atoms. The molecule has 2 aromatic carbocycles. The van der Waals surface area contributed by atoms with E-state index in [1.807, 2.05) is 0 Å². The summed E-state index contributed by atoms with van der Waals surface area (Å²) in [6.45, 7) is 1.78. The van der Waals surface area contributed by atoms with E-state index in [0.29, 0.717) is 22.8 Å². The summed E-state index contributed by atoms with van der Waals surface area (Å²) in [5.74, 6) is -1.20. The second-order valence-electron chi connectivity index (χ2n) is 7.86. The first-order chi connectivity index (χ1) is 15.7. The quantitative estimate of drug-likeness (QED) is 0.473. The highest BCUT2D eigenvalue weighted by atomic mass is 32.2. The number of aromatic hydroxyl groups is 1. The third kappa shape index (κ3) is 4.47. The average molecular weight is 470 g/mol. The number of rotatable bonds is 6. The Kier molecular flexibility index (Phi) is 5.94. The molecule has 33 heavy (non-hydrogen) atoms. The van der Waals surface area contributed by atoms with Crippen molar-refractivity contribution in [3.05, 3.63) is 59.8 Å². The van der Waals surface area contributed by atoms with Crippen molar-refractivity contribution in [1.29, 1.82) is 0 Å². The first-order valence-corrected chi connectivity index (χ1v) is 12.1. The van der Waals surface area contributed by atoms with Crippen molar-refractivity contribution < 1.29 is 27.9 Å². The van der Waals surface area contributed by atoms with Crippen molar-refractivity contribution >= 4 is 38.3 Å². The van der Waals surface area contributed by atoms with Crippen LogP contribution in [0.5, 0.6) is 5.88 Å². The van der Waals surface area contributed by atoms with E-state index in [1.54, 1.807) is 31.3 Å². The molecule has 0 radical (unpaired) electrons. The number of fused-ring (bicyclic) bond motifs is 1. The Morgan fingerprint density at radius 3 is 2.58 bits per heavy atom. The van der Waals surface area contributed by atoms with Crippen LogP contribution in [0.4, 0.5) is 0 Å². The zero-order chi connectivity index (χ0) is 23.8. The number of carbonyl (C=O) groups excluding carboxylic acids is 3. The van der Waals surface area contributed by atoms with Gasteiger partial charge < -0.3 is 15.0 Å². The molecular weight excluding hydrogens is 446 g/mol. The van der Waals surface area contributed by atoms with Crippen LogP contribution in [0.3, 0.4) is 0 Å². The fourth-order valence-corrected chi connectivity index (χ4v) is 4.72. The molecule has 3 aromatic rings. The van der Waals surface area contributed by atoms with Crippen LogP contribution in [0.15, 0.2) is 53.6 Å². The zero-order valence-electron chi connectivity index (χ0n) is 17.9. The van der Waals surface area contributed by atoms with Gasteiger partial charge in [0.05, 0.1) is 10.6 Å². The van der Waals surface area contributed by atoms with Gasteiger partial charge in [0.15, 0.2) is 15.7 Å². The summed E-state index contributed by atoms with van der Waals surface area (Å²) >= 11 is 0. The van der Waals surface area contributed by atoms with Gasteiger partial charge in [-0.1, -0.05) is 13.0 Å². The molecule has 1 aliphatic rings. The van der Waals surface area contributed by atoms with Crippen LogP contribution in [0.25, 0.3) is 10.8 Å². The Hall–Kier alpha value is -3.66. The molecule has 2 heterocycles. The largest absolute Gasteiger partial charge is 0.494 e. The number of nitrogens with one attached hydrogen (secondary N) is 2. The average Bonchev–Trinajstić information content (AvgIpc) is 3.13. The number of sulfone groups is 1. The second-order valence-corrected chi connectivity index (χ2v) is 10.1. The molecule has 1 fully saturated rings. The number of nitrogens with zero attached hydrogens (tertiary/aromatic N) is 1. The third-order valence-electron chi connectivity index (χ3n) is 5.73. The van der Waals surface area contributed by atoms with Gasteiger partial charge in [0.25, 0.3) is 5.91 Å². The van der Waals surface area contributed by atoms with Gasteiger partial charge in [-0.25, -0.2) is 8.42 Å². The predicted molar refractivity (Wildman–Crippen MR) is 120 cm³/mol. The Balaban J connectivity index is 1.48. The number of amides is 3. The normalized spacial score (nSPS) is 16.6. The highest BCUT2D eigenvalue weighted by Crippen LogP contribution is 2.33. The maximum atomic E-state index is 12.5. The standard InChI is InChI=1S/C23H23N3O6S/c1-2-33(31,32)17-6-4-15(5-7-17)21(28)24-12-14-3-8-18-16(11-14)13-26(23(18)30)19-9-10-20(27)25-22(19)29/h3-8,11,13,19,30H,2,9-10,12H2,1H3,(H,24,28)(H,25,27,29). The number of benzene rings is 2. The van der Waals surface area contributed by atoms with E-state index < -0.39 is 21.8 Å². The highest BCUT2D eigenvalue weighted by Gasteiger charge is 2.30. The number of aromatic nitrogens is 1. The third-order valence-corrected chi connectivity index (χ3v) is 7.48. The Labute approximate surface area is 190 Å². The fraction of sp³-hybridized carbons (Fsp3) is 0.261. The van der Waals surface area contributed by atoms with Crippen molar-refractivity contribution in [3.8, 4) is 5.88 Å². The molecule has 0 aliphatic carbocycles. The summed E-state index contributed by atoms with van der Waals surface area (Å²) in [6.07, 6.45) is 2.16. The lowest BCUT2D eigenvalue weighted by Gasteiger charge is -2.22. The summed E-state index contributed by atoms with van der Waals surface area (Å²) in [5, 5.41) is 16.9. The molecular formula is C23H23N3O6S. The monoisotopic (exact) mass is 469 g/mol. The molecule has 0 saturated carbocycles. The number of hydrogen-bond acceptors (Lipinski definition) is 6. The predicted octanol–water partition coefficient (Wildman–Crippen LogP) is 2.05. The summed E-state index contributed by atoms with van der Waals surface area (Å²) in [7, 11) is -3.33. The summed E-state index contributed by atoms with van der Waals surface area (Å²) < 4.78 is 25.3. The molecule has 10 heteroatoms. The van der Waals surface area contributed by atoms with Crippen LogP contribution >= 0.6 is 0 Å². The van der Waals surface area contributed by atoms with Crippen LogP contribution < -0.4 is 10.6 Å². The van der Waals surface area contributed by atoms with Crippen molar-refractivity contribution in [1.82, 2.24) is 15.2 Å². The SMILES string of the molecule is CCS(=O)(=O)c1ccc(C(=O)NCc2ccc3c(O)n(C4CCC(=O)NC4=O)cc3c2)cc1. The Bertz CT molecular complexity index is 1360. The first-order valence-electron chi connectivity index (χ1n) is 10.5. The van der Waals surface area contributed by atoms with E-state index in [1.165, 1.54) is 28.8 Å². The lowest BCUT2D eigenvalue weighted by Crippen LogP contribution is -2.41. The van der Waals surface area contributed by atoms with Crippen molar-refractivity contribution in [3.63, 3.8) is 0 Å². The van der Waals surface area contributed by atoms with Crippen molar-refractivity contribution in [2.24, 2.45) is 0 Å². The first kappa shape index (κ1) is 22.5. The maximum Gasteiger partial charge on any atom is 0.251 e. The highest BCUT2D eigenvalue weighted by molar-refractivity contribution is 7.91. The van der Waals surface area contributed by atoms with Gasteiger partial charge in [0.1, 0.15) is 6.04 Å². The summed E-state index contributed by atoms with van der Waals surface area (Å²) in [4.78, 5) is 36.2. The van der Waals surface area contributed by atoms with Crippen LogP contribution in [0, 0.1) is 0 Å². The van der Waals surface area contributed by atoms with Crippen LogP contribution in [-0.2, 0) is 26.0 Å². The lowest BCUT2D eigenvalue weighted by molar-refractivity contribution is -0.135.